The van der Waals surface area contributed by atoms with E-state index in [-0.39, 0.29) is 18.2 Å². The van der Waals surface area contributed by atoms with Crippen LogP contribution in [0.2, 0.25) is 0 Å². The van der Waals surface area contributed by atoms with Gasteiger partial charge in [0, 0.05) is 29.4 Å². The molecule has 0 saturated heterocycles. The van der Waals surface area contributed by atoms with E-state index in [1.54, 1.807) is 24.3 Å². The van der Waals surface area contributed by atoms with Gasteiger partial charge in [-0.3, -0.25) is 10.2 Å². The Balaban J connectivity index is 0.00000408. The van der Waals surface area contributed by atoms with Crippen LogP contribution in [0.15, 0.2) is 66.7 Å². The standard InChI is InChI=1S/C25H28N4O4.ClH/c1-31-20-14-22(33-3)21(32-2)13-19(20)23(25(28)30)29(15-16-7-5-4-6-8-16)18-11-9-17(10-12-18)24(26)27;/h4-14,23H,15H2,1-3H3,(H3,26,27)(H2,28,30);1H. The first-order valence-corrected chi connectivity index (χ1v) is 10.2. The molecule has 34 heavy (non-hydrogen) atoms. The predicted octanol–water partition coefficient (Wildman–Crippen LogP) is 3.65. The summed E-state index contributed by atoms with van der Waals surface area (Å²) in [6, 6.07) is 19.3. The Morgan fingerprint density at radius 3 is 1.94 bits per heavy atom. The molecule has 180 valence electrons. The minimum Gasteiger partial charge on any atom is -0.496 e. The number of carbonyl (C=O) groups is 1. The number of halogens is 1. The number of primary amides is 1. The number of amides is 1. The van der Waals surface area contributed by atoms with Crippen molar-refractivity contribution >= 4 is 29.8 Å². The van der Waals surface area contributed by atoms with Crippen LogP contribution >= 0.6 is 12.4 Å². The van der Waals surface area contributed by atoms with E-state index in [9.17, 15) is 4.79 Å². The van der Waals surface area contributed by atoms with E-state index in [1.807, 2.05) is 47.4 Å². The highest BCUT2D eigenvalue weighted by Gasteiger charge is 2.31. The van der Waals surface area contributed by atoms with E-state index in [0.717, 1.165) is 11.3 Å². The van der Waals surface area contributed by atoms with Crippen LogP contribution in [0.25, 0.3) is 0 Å². The van der Waals surface area contributed by atoms with Gasteiger partial charge in [0.1, 0.15) is 17.6 Å². The monoisotopic (exact) mass is 484 g/mol. The van der Waals surface area contributed by atoms with Crippen LogP contribution < -0.4 is 30.6 Å². The third kappa shape index (κ3) is 5.71. The predicted molar refractivity (Wildman–Crippen MR) is 135 cm³/mol. The molecule has 1 amide bonds. The molecule has 0 fully saturated rings. The molecule has 0 heterocycles. The summed E-state index contributed by atoms with van der Waals surface area (Å²) in [4.78, 5) is 14.8. The topological polar surface area (TPSA) is 124 Å². The summed E-state index contributed by atoms with van der Waals surface area (Å²) in [5.74, 6) is 0.763. The Bertz CT molecular complexity index is 1120. The number of hydrogen-bond acceptors (Lipinski definition) is 6. The highest BCUT2D eigenvalue weighted by molar-refractivity contribution is 5.95. The summed E-state index contributed by atoms with van der Waals surface area (Å²) in [5, 5.41) is 7.66. The lowest BCUT2D eigenvalue weighted by Crippen LogP contribution is -2.38. The number of hydrogen-bond donors (Lipinski definition) is 3. The number of amidine groups is 1. The highest BCUT2D eigenvalue weighted by atomic mass is 35.5. The van der Waals surface area contributed by atoms with Crippen molar-refractivity contribution in [2.45, 2.75) is 12.6 Å². The molecule has 8 nitrogen and oxygen atoms in total. The summed E-state index contributed by atoms with van der Waals surface area (Å²) in [5.41, 5.74) is 14.4. The fourth-order valence-electron chi connectivity index (χ4n) is 3.69. The molecule has 0 radical (unpaired) electrons. The Labute approximate surface area is 205 Å². The van der Waals surface area contributed by atoms with Gasteiger partial charge >= 0.3 is 0 Å². The molecule has 3 aromatic carbocycles. The lowest BCUT2D eigenvalue weighted by Gasteiger charge is -2.33. The van der Waals surface area contributed by atoms with E-state index in [1.165, 1.54) is 21.3 Å². The van der Waals surface area contributed by atoms with Crippen molar-refractivity contribution < 1.29 is 19.0 Å². The molecule has 3 rings (SSSR count). The second kappa shape index (κ2) is 11.8. The average Bonchev–Trinajstić information content (AvgIpc) is 2.83. The van der Waals surface area contributed by atoms with Gasteiger partial charge in [-0.2, -0.15) is 0 Å². The number of carbonyl (C=O) groups excluding carboxylic acids is 1. The molecule has 0 bridgehead atoms. The van der Waals surface area contributed by atoms with Gasteiger partial charge in [-0.25, -0.2) is 0 Å². The van der Waals surface area contributed by atoms with Crippen molar-refractivity contribution in [2.75, 3.05) is 26.2 Å². The van der Waals surface area contributed by atoms with Crippen molar-refractivity contribution in [3.8, 4) is 17.2 Å². The number of anilines is 1. The summed E-state index contributed by atoms with van der Waals surface area (Å²) in [6.45, 7) is 0.394. The van der Waals surface area contributed by atoms with Crippen molar-refractivity contribution in [1.82, 2.24) is 0 Å². The number of rotatable bonds is 10. The van der Waals surface area contributed by atoms with Crippen LogP contribution in [0.5, 0.6) is 17.2 Å². The molecule has 0 aliphatic heterocycles. The van der Waals surface area contributed by atoms with Crippen LogP contribution in [0, 0.1) is 5.41 Å². The SMILES string of the molecule is COc1cc(OC)c(C(C(N)=O)N(Cc2ccccc2)c2ccc(C(=N)N)cc2)cc1OC.Cl. The van der Waals surface area contributed by atoms with Gasteiger partial charge in [-0.1, -0.05) is 30.3 Å². The number of nitrogens with zero attached hydrogens (tertiary/aromatic N) is 1. The Hall–Kier alpha value is -3.91. The van der Waals surface area contributed by atoms with Gasteiger partial charge in [-0.15, -0.1) is 12.4 Å². The van der Waals surface area contributed by atoms with Crippen LogP contribution in [0.4, 0.5) is 5.69 Å². The maximum atomic E-state index is 12.9. The van der Waals surface area contributed by atoms with Crippen LogP contribution in [-0.2, 0) is 11.3 Å². The maximum absolute atomic E-state index is 12.9. The molecule has 0 spiro atoms. The van der Waals surface area contributed by atoms with E-state index >= 15 is 0 Å². The number of ether oxygens (including phenoxy) is 3. The molecule has 5 N–H and O–H groups in total. The zero-order valence-electron chi connectivity index (χ0n) is 19.3. The van der Waals surface area contributed by atoms with Gasteiger partial charge < -0.3 is 30.6 Å². The molecule has 0 aromatic heterocycles. The lowest BCUT2D eigenvalue weighted by molar-refractivity contribution is -0.119. The molecule has 9 heteroatoms. The van der Waals surface area contributed by atoms with E-state index < -0.39 is 11.9 Å². The normalized spacial score (nSPS) is 11.0. The van der Waals surface area contributed by atoms with Gasteiger partial charge in [0.05, 0.1) is 21.3 Å². The van der Waals surface area contributed by atoms with Crippen molar-refractivity contribution in [3.05, 3.63) is 83.4 Å². The second-order valence-electron chi connectivity index (χ2n) is 7.33. The van der Waals surface area contributed by atoms with Gasteiger partial charge in [0.15, 0.2) is 11.5 Å². The van der Waals surface area contributed by atoms with Crippen LogP contribution in [-0.4, -0.2) is 33.1 Å². The zero-order valence-corrected chi connectivity index (χ0v) is 20.1. The zero-order chi connectivity index (χ0) is 24.0. The highest BCUT2D eigenvalue weighted by Crippen LogP contribution is 2.41. The van der Waals surface area contributed by atoms with Crippen molar-refractivity contribution in [3.63, 3.8) is 0 Å². The Morgan fingerprint density at radius 2 is 1.44 bits per heavy atom. The van der Waals surface area contributed by atoms with E-state index in [2.05, 4.69) is 0 Å². The molecule has 0 saturated carbocycles. The van der Waals surface area contributed by atoms with Gasteiger partial charge in [0.25, 0.3) is 0 Å². The van der Waals surface area contributed by atoms with Crippen molar-refractivity contribution in [2.24, 2.45) is 11.5 Å². The minimum atomic E-state index is -0.886. The molecule has 1 atom stereocenters. The fourth-order valence-corrected chi connectivity index (χ4v) is 3.69. The number of nitrogen functional groups attached to an aromatic ring is 1. The third-order valence-corrected chi connectivity index (χ3v) is 5.32. The second-order valence-corrected chi connectivity index (χ2v) is 7.33. The first-order valence-electron chi connectivity index (χ1n) is 10.2. The van der Waals surface area contributed by atoms with Crippen LogP contribution in [0.3, 0.4) is 0 Å². The largest absolute Gasteiger partial charge is 0.496 e. The Morgan fingerprint density at radius 1 is 0.882 bits per heavy atom. The summed E-state index contributed by atoms with van der Waals surface area (Å²) in [7, 11) is 4.57. The van der Waals surface area contributed by atoms with E-state index in [4.69, 9.17) is 31.1 Å². The Kier molecular flexibility index (Phi) is 9.15. The fraction of sp³-hybridized carbons (Fsp3) is 0.200. The molecule has 0 aliphatic carbocycles. The average molecular weight is 485 g/mol. The van der Waals surface area contributed by atoms with Gasteiger partial charge in [0.2, 0.25) is 5.91 Å². The number of nitrogens with one attached hydrogen (secondary N) is 1. The molecular formula is C25H29ClN4O4. The van der Waals surface area contributed by atoms with Gasteiger partial charge in [-0.05, 0) is 35.9 Å². The third-order valence-electron chi connectivity index (χ3n) is 5.32. The first-order chi connectivity index (χ1) is 15.9. The minimum absolute atomic E-state index is 0. The smallest absolute Gasteiger partial charge is 0.244 e. The lowest BCUT2D eigenvalue weighted by atomic mass is 10.00. The summed E-state index contributed by atoms with van der Waals surface area (Å²) < 4.78 is 16.4. The van der Waals surface area contributed by atoms with E-state index in [0.29, 0.717) is 34.9 Å². The summed E-state index contributed by atoms with van der Waals surface area (Å²) >= 11 is 0. The maximum Gasteiger partial charge on any atom is 0.244 e. The number of benzene rings is 3. The molecule has 1 unspecified atom stereocenters. The molecule has 3 aromatic rings. The van der Waals surface area contributed by atoms with Crippen molar-refractivity contribution in [1.29, 1.82) is 5.41 Å². The molecular weight excluding hydrogens is 456 g/mol. The first kappa shape index (κ1) is 26.3. The quantitative estimate of drug-likeness (QED) is 0.298. The summed E-state index contributed by atoms with van der Waals surface area (Å²) in [6.07, 6.45) is 0. The van der Waals surface area contributed by atoms with Crippen LogP contribution in [0.1, 0.15) is 22.7 Å². The number of methoxy groups -OCH3 is 3. The molecule has 0 aliphatic rings. The number of nitrogens with two attached hydrogens (primary N) is 2.